The fourth-order valence-electron chi connectivity index (χ4n) is 3.47. The average Bonchev–Trinajstić information content (AvgIpc) is 2.78. The average molecular weight is 236 g/mol. The van der Waals surface area contributed by atoms with E-state index in [9.17, 15) is 4.79 Å². The zero-order valence-corrected chi connectivity index (χ0v) is 11.2. The molecule has 0 N–H and O–H groups in total. The molecule has 0 aromatic heterocycles. The van der Waals surface area contributed by atoms with Gasteiger partial charge in [0, 0.05) is 5.57 Å². The second-order valence-electron chi connectivity index (χ2n) is 5.66. The molecule has 0 unspecified atom stereocenters. The summed E-state index contributed by atoms with van der Waals surface area (Å²) in [6.45, 7) is 4.28. The number of carbonyl (C=O) groups is 1. The van der Waals surface area contributed by atoms with Gasteiger partial charge in [-0.15, -0.1) is 0 Å². The van der Waals surface area contributed by atoms with Gasteiger partial charge in [0.15, 0.2) is 0 Å². The molecular formula is C15H24O2. The van der Waals surface area contributed by atoms with Crippen LogP contribution in [0, 0.1) is 5.41 Å². The van der Waals surface area contributed by atoms with Gasteiger partial charge >= 0.3 is 5.97 Å². The highest BCUT2D eigenvalue weighted by molar-refractivity contribution is 5.88. The van der Waals surface area contributed by atoms with Gasteiger partial charge in [-0.25, -0.2) is 4.79 Å². The van der Waals surface area contributed by atoms with E-state index >= 15 is 0 Å². The molecule has 0 saturated heterocycles. The molecule has 1 spiro atoms. The summed E-state index contributed by atoms with van der Waals surface area (Å²) in [5.74, 6) is -0.107. The van der Waals surface area contributed by atoms with Gasteiger partial charge in [-0.05, 0) is 57.8 Å². The molecule has 2 rings (SSSR count). The minimum atomic E-state index is -0.107. The third kappa shape index (κ3) is 2.72. The van der Waals surface area contributed by atoms with Crippen LogP contribution in [0.1, 0.15) is 65.2 Å². The molecule has 2 heteroatoms. The van der Waals surface area contributed by atoms with Crippen LogP contribution in [-0.2, 0) is 9.53 Å². The minimum Gasteiger partial charge on any atom is -0.463 e. The normalized spacial score (nSPS) is 22.8. The Morgan fingerprint density at radius 3 is 2.29 bits per heavy atom. The van der Waals surface area contributed by atoms with Gasteiger partial charge < -0.3 is 4.74 Å². The van der Waals surface area contributed by atoms with Crippen molar-refractivity contribution in [2.24, 2.45) is 5.41 Å². The van der Waals surface area contributed by atoms with Gasteiger partial charge in [-0.2, -0.15) is 0 Å². The van der Waals surface area contributed by atoms with Crippen molar-refractivity contribution in [3.05, 3.63) is 11.1 Å². The van der Waals surface area contributed by atoms with Gasteiger partial charge in [-0.1, -0.05) is 18.4 Å². The summed E-state index contributed by atoms with van der Waals surface area (Å²) < 4.78 is 5.08. The molecule has 0 aromatic carbocycles. The van der Waals surface area contributed by atoms with Crippen LogP contribution in [0.25, 0.3) is 0 Å². The summed E-state index contributed by atoms with van der Waals surface area (Å²) in [7, 11) is 0. The molecule has 17 heavy (non-hydrogen) atoms. The summed E-state index contributed by atoms with van der Waals surface area (Å²) >= 11 is 0. The Morgan fingerprint density at radius 2 is 1.76 bits per heavy atom. The first-order chi connectivity index (χ1) is 8.17. The zero-order valence-electron chi connectivity index (χ0n) is 11.2. The molecule has 0 aromatic rings. The molecule has 2 aliphatic rings. The van der Waals surface area contributed by atoms with Gasteiger partial charge in [0.25, 0.3) is 0 Å². The predicted octanol–water partition coefficient (Wildman–Crippen LogP) is 4.00. The van der Waals surface area contributed by atoms with Gasteiger partial charge in [0.05, 0.1) is 6.61 Å². The van der Waals surface area contributed by atoms with E-state index in [1.807, 2.05) is 13.8 Å². The maximum absolute atomic E-state index is 11.7. The first-order valence-electron chi connectivity index (χ1n) is 7.03. The maximum atomic E-state index is 11.7. The molecule has 0 radical (unpaired) electrons. The van der Waals surface area contributed by atoms with E-state index in [4.69, 9.17) is 4.74 Å². The summed E-state index contributed by atoms with van der Waals surface area (Å²) in [5.41, 5.74) is 2.86. The van der Waals surface area contributed by atoms with Crippen LogP contribution in [-0.4, -0.2) is 12.6 Å². The Kier molecular flexibility index (Phi) is 3.90. The molecule has 2 fully saturated rings. The van der Waals surface area contributed by atoms with Crippen molar-refractivity contribution >= 4 is 5.97 Å². The van der Waals surface area contributed by atoms with Crippen molar-refractivity contribution in [2.75, 3.05) is 6.61 Å². The van der Waals surface area contributed by atoms with E-state index < -0.39 is 0 Å². The fourth-order valence-corrected chi connectivity index (χ4v) is 3.47. The topological polar surface area (TPSA) is 26.3 Å². The smallest absolute Gasteiger partial charge is 0.333 e. The first kappa shape index (κ1) is 12.7. The molecule has 0 atom stereocenters. The zero-order chi connectivity index (χ0) is 12.3. The Balaban J connectivity index is 1.97. The Labute approximate surface area is 104 Å². The highest BCUT2D eigenvalue weighted by Gasteiger charge is 2.36. The number of hydrogen-bond acceptors (Lipinski definition) is 2. The number of esters is 1. The molecule has 0 heterocycles. The molecule has 0 bridgehead atoms. The first-order valence-corrected chi connectivity index (χ1v) is 7.03. The second-order valence-corrected chi connectivity index (χ2v) is 5.66. The van der Waals surface area contributed by atoms with Crippen molar-refractivity contribution in [3.63, 3.8) is 0 Å². The van der Waals surface area contributed by atoms with Crippen LogP contribution >= 0.6 is 0 Å². The quantitative estimate of drug-likeness (QED) is 0.535. The van der Waals surface area contributed by atoms with Crippen LogP contribution in [0.4, 0.5) is 0 Å². The molecular weight excluding hydrogens is 212 g/mol. The summed E-state index contributed by atoms with van der Waals surface area (Å²) in [4.78, 5) is 11.7. The SMILES string of the molecule is CCOC(=O)C(C)=C1CCC2(CCCC2)CC1. The van der Waals surface area contributed by atoms with Crippen molar-refractivity contribution in [2.45, 2.75) is 65.2 Å². The lowest BCUT2D eigenvalue weighted by Gasteiger charge is -2.35. The third-order valence-electron chi connectivity index (χ3n) is 4.69. The van der Waals surface area contributed by atoms with Crippen molar-refractivity contribution in [1.82, 2.24) is 0 Å². The Bertz CT molecular complexity index is 310. The van der Waals surface area contributed by atoms with Crippen LogP contribution in [0.5, 0.6) is 0 Å². The highest BCUT2D eigenvalue weighted by atomic mass is 16.5. The monoisotopic (exact) mass is 236 g/mol. The van der Waals surface area contributed by atoms with E-state index in [0.717, 1.165) is 18.4 Å². The molecule has 0 aliphatic heterocycles. The Hall–Kier alpha value is -0.790. The number of hydrogen-bond donors (Lipinski definition) is 0. The standard InChI is InChI=1S/C15H24O2/c1-3-17-14(16)12(2)13-6-10-15(11-7-13)8-4-5-9-15/h3-11H2,1-2H3. The van der Waals surface area contributed by atoms with Gasteiger partial charge in [0.1, 0.15) is 0 Å². The van der Waals surface area contributed by atoms with Gasteiger partial charge in [-0.3, -0.25) is 0 Å². The van der Waals surface area contributed by atoms with Crippen LogP contribution in [0.15, 0.2) is 11.1 Å². The molecule has 96 valence electrons. The lowest BCUT2D eigenvalue weighted by Crippen LogP contribution is -2.22. The molecule has 0 amide bonds. The largest absolute Gasteiger partial charge is 0.463 e. The third-order valence-corrected chi connectivity index (χ3v) is 4.69. The van der Waals surface area contributed by atoms with E-state index in [1.165, 1.54) is 44.1 Å². The van der Waals surface area contributed by atoms with Crippen LogP contribution in [0.2, 0.25) is 0 Å². The number of carbonyl (C=O) groups excluding carboxylic acids is 1. The predicted molar refractivity (Wildman–Crippen MR) is 68.7 cm³/mol. The lowest BCUT2D eigenvalue weighted by atomic mass is 9.70. The number of allylic oxidation sites excluding steroid dienone is 1. The van der Waals surface area contributed by atoms with E-state index in [1.54, 1.807) is 0 Å². The van der Waals surface area contributed by atoms with Crippen molar-refractivity contribution in [3.8, 4) is 0 Å². The lowest BCUT2D eigenvalue weighted by molar-refractivity contribution is -0.138. The number of rotatable bonds is 2. The van der Waals surface area contributed by atoms with Crippen molar-refractivity contribution < 1.29 is 9.53 Å². The fraction of sp³-hybridized carbons (Fsp3) is 0.800. The van der Waals surface area contributed by atoms with Gasteiger partial charge in [0.2, 0.25) is 0 Å². The van der Waals surface area contributed by atoms with E-state index in [-0.39, 0.29) is 5.97 Å². The van der Waals surface area contributed by atoms with E-state index in [2.05, 4.69) is 0 Å². The van der Waals surface area contributed by atoms with E-state index in [0.29, 0.717) is 12.0 Å². The Morgan fingerprint density at radius 1 is 1.18 bits per heavy atom. The molecule has 2 saturated carbocycles. The summed E-state index contributed by atoms with van der Waals surface area (Å²) in [6, 6.07) is 0. The number of ether oxygens (including phenoxy) is 1. The van der Waals surface area contributed by atoms with Crippen LogP contribution < -0.4 is 0 Å². The second kappa shape index (κ2) is 5.24. The van der Waals surface area contributed by atoms with Crippen LogP contribution in [0.3, 0.4) is 0 Å². The minimum absolute atomic E-state index is 0.107. The highest BCUT2D eigenvalue weighted by Crippen LogP contribution is 2.50. The summed E-state index contributed by atoms with van der Waals surface area (Å²) in [6.07, 6.45) is 10.5. The molecule has 2 nitrogen and oxygen atoms in total. The molecule has 2 aliphatic carbocycles. The summed E-state index contributed by atoms with van der Waals surface area (Å²) in [5, 5.41) is 0. The van der Waals surface area contributed by atoms with Crippen molar-refractivity contribution in [1.29, 1.82) is 0 Å². The maximum Gasteiger partial charge on any atom is 0.333 e.